The van der Waals surface area contributed by atoms with Crippen molar-refractivity contribution in [2.45, 2.75) is 18.2 Å². The molecule has 0 fully saturated rings. The van der Waals surface area contributed by atoms with E-state index in [2.05, 4.69) is 4.90 Å². The van der Waals surface area contributed by atoms with Crippen molar-refractivity contribution in [2.75, 3.05) is 57.2 Å². The molecule has 4 aromatic rings. The summed E-state index contributed by atoms with van der Waals surface area (Å²) in [5.41, 5.74) is 1.57. The van der Waals surface area contributed by atoms with Crippen LogP contribution in [0.15, 0.2) is 71.6 Å². The molecular weight excluding hydrogens is 584 g/mol. The number of sulfonamides is 1. The van der Waals surface area contributed by atoms with Crippen LogP contribution < -0.4 is 18.7 Å². The zero-order valence-electron chi connectivity index (χ0n) is 23.7. The number of para-hydroxylation sites is 1. The maximum Gasteiger partial charge on any atom is 0.264 e. The lowest BCUT2D eigenvalue weighted by Gasteiger charge is -2.23. The number of benzene rings is 3. The second kappa shape index (κ2) is 14.0. The van der Waals surface area contributed by atoms with E-state index in [-0.39, 0.29) is 29.8 Å². The van der Waals surface area contributed by atoms with Gasteiger partial charge in [-0.2, -0.15) is 0 Å². The first kappa shape index (κ1) is 32.1. The summed E-state index contributed by atoms with van der Waals surface area (Å²) in [4.78, 5) is 22.4. The fraction of sp³-hybridized carbons (Fsp3) is 0.310. The number of halogens is 1. The van der Waals surface area contributed by atoms with Crippen LogP contribution in [0.5, 0.6) is 11.5 Å². The summed E-state index contributed by atoms with van der Waals surface area (Å²) in [5, 5.41) is 0.513. The van der Waals surface area contributed by atoms with Gasteiger partial charge < -0.3 is 14.4 Å². The first-order chi connectivity index (χ1) is 19.2. The van der Waals surface area contributed by atoms with Crippen molar-refractivity contribution in [1.82, 2.24) is 9.88 Å². The zero-order chi connectivity index (χ0) is 28.9. The molecule has 0 unspecified atom stereocenters. The predicted molar refractivity (Wildman–Crippen MR) is 168 cm³/mol. The van der Waals surface area contributed by atoms with Crippen molar-refractivity contribution in [3.63, 3.8) is 0 Å². The van der Waals surface area contributed by atoms with E-state index >= 15 is 0 Å². The Balaban J connectivity index is 0.00000462. The van der Waals surface area contributed by atoms with E-state index in [0.717, 1.165) is 17.7 Å². The lowest BCUT2D eigenvalue weighted by atomic mass is 10.2. The first-order valence-electron chi connectivity index (χ1n) is 12.9. The molecule has 12 heteroatoms. The molecule has 1 aromatic heterocycles. The topological polar surface area (TPSA) is 92.3 Å². The van der Waals surface area contributed by atoms with E-state index in [4.69, 9.17) is 14.5 Å². The van der Waals surface area contributed by atoms with Crippen molar-refractivity contribution < 1.29 is 22.7 Å². The van der Waals surface area contributed by atoms with Gasteiger partial charge in [-0.3, -0.25) is 14.0 Å². The van der Waals surface area contributed by atoms with Gasteiger partial charge in [0.25, 0.3) is 15.9 Å². The molecule has 0 spiro atoms. The van der Waals surface area contributed by atoms with Crippen molar-refractivity contribution in [2.24, 2.45) is 0 Å². The molecule has 220 valence electrons. The molecule has 0 saturated heterocycles. The van der Waals surface area contributed by atoms with Gasteiger partial charge in [-0.15, -0.1) is 12.4 Å². The van der Waals surface area contributed by atoms with Crippen LogP contribution in [-0.4, -0.2) is 72.2 Å². The van der Waals surface area contributed by atoms with Gasteiger partial charge in [0.2, 0.25) is 0 Å². The van der Waals surface area contributed by atoms with Crippen LogP contribution in [0.4, 0.5) is 10.8 Å². The number of methoxy groups -OCH3 is 2. The van der Waals surface area contributed by atoms with Crippen molar-refractivity contribution in [1.29, 1.82) is 0 Å². The molecule has 0 saturated carbocycles. The van der Waals surface area contributed by atoms with Gasteiger partial charge in [0.1, 0.15) is 21.7 Å². The summed E-state index contributed by atoms with van der Waals surface area (Å²) in [6, 6.07) is 18.6. The molecule has 9 nitrogen and oxygen atoms in total. The predicted octanol–water partition coefficient (Wildman–Crippen LogP) is 5.55. The van der Waals surface area contributed by atoms with E-state index in [0.29, 0.717) is 39.9 Å². The normalized spacial score (nSPS) is 11.3. The van der Waals surface area contributed by atoms with Gasteiger partial charge in [0.15, 0.2) is 5.13 Å². The lowest BCUT2D eigenvalue weighted by Crippen LogP contribution is -2.33. The van der Waals surface area contributed by atoms with E-state index in [1.165, 1.54) is 27.8 Å². The number of amides is 1. The SMILES string of the molecule is CCN(c1ccccc1)S(=O)(=O)c1ccc(C(=O)N(CCCN(C)C)c2nc3c(OC)ccc(OC)c3s2)cc1.Cl. The Morgan fingerprint density at radius 3 is 2.12 bits per heavy atom. The third-order valence-electron chi connectivity index (χ3n) is 6.38. The van der Waals surface area contributed by atoms with Crippen LogP contribution in [0.2, 0.25) is 0 Å². The van der Waals surface area contributed by atoms with Crippen LogP contribution in [0.25, 0.3) is 10.2 Å². The largest absolute Gasteiger partial charge is 0.495 e. The highest BCUT2D eigenvalue weighted by Gasteiger charge is 2.26. The second-order valence-electron chi connectivity index (χ2n) is 9.29. The molecule has 1 amide bonds. The van der Waals surface area contributed by atoms with Crippen LogP contribution in [-0.2, 0) is 10.0 Å². The lowest BCUT2D eigenvalue weighted by molar-refractivity contribution is 0.0986. The molecule has 3 aromatic carbocycles. The number of fused-ring (bicyclic) bond motifs is 1. The highest BCUT2D eigenvalue weighted by atomic mass is 35.5. The molecule has 0 radical (unpaired) electrons. The highest BCUT2D eigenvalue weighted by Crippen LogP contribution is 2.40. The Morgan fingerprint density at radius 1 is 0.902 bits per heavy atom. The molecule has 0 atom stereocenters. The number of nitrogens with zero attached hydrogens (tertiary/aromatic N) is 4. The second-order valence-corrected chi connectivity index (χ2v) is 12.1. The maximum absolute atomic E-state index is 13.8. The minimum Gasteiger partial charge on any atom is -0.495 e. The number of hydrogen-bond donors (Lipinski definition) is 0. The minimum absolute atomic E-state index is 0. The van der Waals surface area contributed by atoms with E-state index in [1.807, 2.05) is 26.2 Å². The van der Waals surface area contributed by atoms with Gasteiger partial charge in [0.05, 0.1) is 24.8 Å². The third-order valence-corrected chi connectivity index (χ3v) is 9.39. The number of aromatic nitrogens is 1. The van der Waals surface area contributed by atoms with Gasteiger partial charge in [-0.05, 0) is 82.5 Å². The summed E-state index contributed by atoms with van der Waals surface area (Å²) >= 11 is 1.35. The summed E-state index contributed by atoms with van der Waals surface area (Å²) in [6.45, 7) is 3.28. The fourth-order valence-electron chi connectivity index (χ4n) is 4.36. The summed E-state index contributed by atoms with van der Waals surface area (Å²) in [5.74, 6) is 0.969. The molecule has 0 aliphatic heterocycles. The van der Waals surface area contributed by atoms with Crippen LogP contribution in [0.1, 0.15) is 23.7 Å². The standard InChI is InChI=1S/C29H34N4O5S2.ClH/c1-6-33(22-11-8-7-9-12-22)40(35,36)23-15-13-21(14-16-23)28(34)32(20-10-19-31(2)3)29-30-26-24(37-4)17-18-25(38-5)27(26)39-29;/h7-9,11-18H,6,10,19-20H2,1-5H3;1H. The average molecular weight is 619 g/mol. The maximum atomic E-state index is 13.8. The van der Waals surface area contributed by atoms with Crippen molar-refractivity contribution in [3.8, 4) is 11.5 Å². The van der Waals surface area contributed by atoms with Crippen molar-refractivity contribution >= 4 is 60.7 Å². The number of hydrogen-bond acceptors (Lipinski definition) is 8. The molecule has 0 bridgehead atoms. The van der Waals surface area contributed by atoms with Crippen LogP contribution in [0.3, 0.4) is 0 Å². The minimum atomic E-state index is -3.81. The molecule has 0 aliphatic rings. The van der Waals surface area contributed by atoms with Crippen LogP contribution >= 0.6 is 23.7 Å². The number of anilines is 2. The number of ether oxygens (including phenoxy) is 2. The quantitative estimate of drug-likeness (QED) is 0.206. The highest BCUT2D eigenvalue weighted by molar-refractivity contribution is 7.92. The number of carbonyl (C=O) groups excluding carboxylic acids is 1. The Morgan fingerprint density at radius 2 is 1.54 bits per heavy atom. The molecular formula is C29H35ClN4O5S2. The summed E-state index contributed by atoms with van der Waals surface area (Å²) < 4.78 is 40.0. The first-order valence-corrected chi connectivity index (χ1v) is 15.1. The molecule has 0 N–H and O–H groups in total. The molecule has 0 aliphatic carbocycles. The Bertz CT molecular complexity index is 1520. The van der Waals surface area contributed by atoms with E-state index < -0.39 is 10.0 Å². The van der Waals surface area contributed by atoms with Gasteiger partial charge >= 0.3 is 0 Å². The number of carbonyl (C=O) groups is 1. The van der Waals surface area contributed by atoms with E-state index in [9.17, 15) is 13.2 Å². The van der Waals surface area contributed by atoms with E-state index in [1.54, 1.807) is 68.5 Å². The molecule has 4 rings (SSSR count). The Hall–Kier alpha value is -3.38. The van der Waals surface area contributed by atoms with Crippen LogP contribution in [0, 0.1) is 0 Å². The smallest absolute Gasteiger partial charge is 0.264 e. The fourth-order valence-corrected chi connectivity index (χ4v) is 6.93. The Kier molecular flexibility index (Phi) is 11.0. The number of thiazole rings is 1. The third kappa shape index (κ3) is 6.92. The zero-order valence-corrected chi connectivity index (χ0v) is 26.2. The van der Waals surface area contributed by atoms with Gasteiger partial charge in [0, 0.05) is 18.7 Å². The van der Waals surface area contributed by atoms with Gasteiger partial charge in [-0.25, -0.2) is 13.4 Å². The molecule has 1 heterocycles. The Labute approximate surface area is 251 Å². The summed E-state index contributed by atoms with van der Waals surface area (Å²) in [7, 11) is 3.32. The van der Waals surface area contributed by atoms with Crippen molar-refractivity contribution in [3.05, 3.63) is 72.3 Å². The monoisotopic (exact) mass is 618 g/mol. The number of rotatable bonds is 12. The average Bonchev–Trinajstić information content (AvgIpc) is 3.40. The van der Waals surface area contributed by atoms with Gasteiger partial charge in [-0.1, -0.05) is 29.5 Å². The molecule has 41 heavy (non-hydrogen) atoms. The summed E-state index contributed by atoms with van der Waals surface area (Å²) in [6.07, 6.45) is 0.720.